The van der Waals surface area contributed by atoms with E-state index in [9.17, 15) is 0 Å². The first-order chi connectivity index (χ1) is 17.7. The summed E-state index contributed by atoms with van der Waals surface area (Å²) in [7, 11) is 0. The molecule has 1 aliphatic carbocycles. The smallest absolute Gasteiger partial charge is 0.0162 e. The number of benzene rings is 3. The number of aryl methyl sites for hydroxylation is 3. The van der Waals surface area contributed by atoms with Crippen molar-refractivity contribution in [3.05, 3.63) is 107 Å². The lowest BCUT2D eigenvalue weighted by Crippen LogP contribution is -2.11. The van der Waals surface area contributed by atoms with Crippen molar-refractivity contribution >= 4 is 0 Å². The Morgan fingerprint density at radius 2 is 1.14 bits per heavy atom. The van der Waals surface area contributed by atoms with Crippen LogP contribution in [0.1, 0.15) is 99.8 Å². The second kappa shape index (κ2) is 14.2. The molecule has 0 radical (unpaired) electrons. The fourth-order valence-corrected chi connectivity index (χ4v) is 5.74. The van der Waals surface area contributed by atoms with Crippen molar-refractivity contribution in [1.82, 2.24) is 0 Å². The van der Waals surface area contributed by atoms with Gasteiger partial charge in [0.1, 0.15) is 0 Å². The van der Waals surface area contributed by atoms with E-state index in [0.29, 0.717) is 0 Å². The van der Waals surface area contributed by atoms with Gasteiger partial charge in [-0.25, -0.2) is 0 Å². The Labute approximate surface area is 220 Å². The second-order valence-electron chi connectivity index (χ2n) is 10.9. The minimum atomic E-state index is 0.765. The Balaban J connectivity index is 1.17. The lowest BCUT2D eigenvalue weighted by atomic mass is 9.78. The lowest BCUT2D eigenvalue weighted by Gasteiger charge is -2.27. The van der Waals surface area contributed by atoms with Crippen LogP contribution in [0.2, 0.25) is 0 Å². The molecule has 1 fully saturated rings. The molecule has 0 atom stereocenters. The Bertz CT molecular complexity index is 1030. The standard InChI is InChI=1S/C36H46/c1-3-5-6-10-30-15-23-35(24-16-30)36-27-19-32(20-28-36)12-8-7-11-31-17-25-34(26-18-31)33-21-13-29(9-4-2)14-22-33/h8,12-18,21-26,32,36H,3-7,9-11,19-20,27-28H2,1-2H3/b12-8+. The highest BCUT2D eigenvalue weighted by Crippen LogP contribution is 2.36. The average molecular weight is 479 g/mol. The van der Waals surface area contributed by atoms with Crippen LogP contribution in [0.15, 0.2) is 84.9 Å². The fourth-order valence-electron chi connectivity index (χ4n) is 5.74. The Kier molecular flexibility index (Phi) is 10.5. The molecular weight excluding hydrogens is 432 g/mol. The van der Waals surface area contributed by atoms with Gasteiger partial charge in [0, 0.05) is 0 Å². The van der Waals surface area contributed by atoms with Gasteiger partial charge in [-0.05, 0) is 103 Å². The lowest BCUT2D eigenvalue weighted by molar-refractivity contribution is 0.375. The first-order valence-electron chi connectivity index (χ1n) is 14.7. The van der Waals surface area contributed by atoms with Crippen LogP contribution in [0.5, 0.6) is 0 Å². The molecule has 3 aromatic carbocycles. The number of hydrogen-bond donors (Lipinski definition) is 0. The van der Waals surface area contributed by atoms with Crippen molar-refractivity contribution in [3.63, 3.8) is 0 Å². The van der Waals surface area contributed by atoms with Crippen LogP contribution in [0.3, 0.4) is 0 Å². The van der Waals surface area contributed by atoms with Crippen molar-refractivity contribution in [2.24, 2.45) is 5.92 Å². The summed E-state index contributed by atoms with van der Waals surface area (Å²) >= 11 is 0. The summed E-state index contributed by atoms with van der Waals surface area (Å²) in [6.45, 7) is 4.52. The van der Waals surface area contributed by atoms with E-state index in [1.54, 1.807) is 5.56 Å². The minimum absolute atomic E-state index is 0.765. The maximum atomic E-state index is 2.51. The van der Waals surface area contributed by atoms with Crippen molar-refractivity contribution in [2.45, 2.75) is 96.8 Å². The van der Waals surface area contributed by atoms with Crippen molar-refractivity contribution < 1.29 is 0 Å². The van der Waals surface area contributed by atoms with Gasteiger partial charge in [-0.2, -0.15) is 0 Å². The van der Waals surface area contributed by atoms with E-state index in [1.165, 1.54) is 92.0 Å². The second-order valence-corrected chi connectivity index (χ2v) is 10.9. The fraction of sp³-hybridized carbons (Fsp3) is 0.444. The molecule has 190 valence electrons. The number of hydrogen-bond acceptors (Lipinski definition) is 0. The van der Waals surface area contributed by atoms with E-state index < -0.39 is 0 Å². The van der Waals surface area contributed by atoms with Gasteiger partial charge in [0.2, 0.25) is 0 Å². The molecule has 3 aromatic rings. The molecule has 36 heavy (non-hydrogen) atoms. The highest BCUT2D eigenvalue weighted by molar-refractivity contribution is 5.64. The van der Waals surface area contributed by atoms with E-state index in [4.69, 9.17) is 0 Å². The van der Waals surface area contributed by atoms with Crippen LogP contribution in [0, 0.1) is 5.92 Å². The van der Waals surface area contributed by atoms with E-state index in [2.05, 4.69) is 98.8 Å². The molecule has 0 unspecified atom stereocenters. The summed E-state index contributed by atoms with van der Waals surface area (Å²) in [6, 6.07) is 27.9. The molecule has 0 aromatic heterocycles. The van der Waals surface area contributed by atoms with Gasteiger partial charge in [-0.15, -0.1) is 0 Å². The van der Waals surface area contributed by atoms with Gasteiger partial charge < -0.3 is 0 Å². The first kappa shape index (κ1) is 26.5. The molecule has 0 spiro atoms. The van der Waals surface area contributed by atoms with E-state index >= 15 is 0 Å². The molecule has 1 saturated carbocycles. The van der Waals surface area contributed by atoms with Crippen molar-refractivity contribution in [3.8, 4) is 11.1 Å². The summed E-state index contributed by atoms with van der Waals surface area (Å²) in [5.41, 5.74) is 8.59. The van der Waals surface area contributed by atoms with Gasteiger partial charge in [0.15, 0.2) is 0 Å². The van der Waals surface area contributed by atoms with Gasteiger partial charge >= 0.3 is 0 Å². The van der Waals surface area contributed by atoms with Crippen molar-refractivity contribution in [2.75, 3.05) is 0 Å². The monoisotopic (exact) mass is 478 g/mol. The quantitative estimate of drug-likeness (QED) is 0.179. The van der Waals surface area contributed by atoms with Crippen LogP contribution in [0.25, 0.3) is 11.1 Å². The number of allylic oxidation sites excluding steroid dienone is 2. The minimum Gasteiger partial charge on any atom is -0.0879 e. The van der Waals surface area contributed by atoms with Crippen LogP contribution >= 0.6 is 0 Å². The third-order valence-electron chi connectivity index (χ3n) is 8.08. The topological polar surface area (TPSA) is 0 Å². The summed E-state index contributed by atoms with van der Waals surface area (Å²) in [4.78, 5) is 0. The molecule has 0 heterocycles. The van der Waals surface area contributed by atoms with Gasteiger partial charge in [0.25, 0.3) is 0 Å². The molecule has 0 N–H and O–H groups in total. The zero-order chi connectivity index (χ0) is 25.0. The predicted octanol–water partition coefficient (Wildman–Crippen LogP) is 10.5. The summed E-state index contributed by atoms with van der Waals surface area (Å²) in [5.74, 6) is 1.54. The average Bonchev–Trinajstić information content (AvgIpc) is 2.93. The molecule has 0 heteroatoms. The van der Waals surface area contributed by atoms with Crippen molar-refractivity contribution in [1.29, 1.82) is 0 Å². The Morgan fingerprint density at radius 3 is 1.72 bits per heavy atom. The van der Waals surface area contributed by atoms with Crippen LogP contribution in [-0.4, -0.2) is 0 Å². The molecular formula is C36H46. The summed E-state index contributed by atoms with van der Waals surface area (Å²) in [5, 5.41) is 0. The number of unbranched alkanes of at least 4 members (excludes halogenated alkanes) is 2. The Morgan fingerprint density at radius 1 is 0.583 bits per heavy atom. The van der Waals surface area contributed by atoms with Crippen LogP contribution < -0.4 is 0 Å². The van der Waals surface area contributed by atoms with Crippen LogP contribution in [-0.2, 0) is 19.3 Å². The highest BCUT2D eigenvalue weighted by atomic mass is 14.3. The summed E-state index contributed by atoms with van der Waals surface area (Å²) in [6.07, 6.45) is 20.2. The first-order valence-corrected chi connectivity index (χ1v) is 14.7. The Hall–Kier alpha value is -2.60. The van der Waals surface area contributed by atoms with E-state index in [-0.39, 0.29) is 0 Å². The molecule has 1 aliphatic rings. The molecule has 0 bridgehead atoms. The zero-order valence-electron chi connectivity index (χ0n) is 22.7. The maximum Gasteiger partial charge on any atom is -0.0162 e. The molecule has 0 nitrogen and oxygen atoms in total. The molecule has 0 aliphatic heterocycles. The van der Waals surface area contributed by atoms with Crippen LogP contribution in [0.4, 0.5) is 0 Å². The largest absolute Gasteiger partial charge is 0.0879 e. The van der Waals surface area contributed by atoms with E-state index in [1.807, 2.05) is 0 Å². The highest BCUT2D eigenvalue weighted by Gasteiger charge is 2.20. The third-order valence-corrected chi connectivity index (χ3v) is 8.08. The van der Waals surface area contributed by atoms with E-state index in [0.717, 1.165) is 24.7 Å². The zero-order valence-corrected chi connectivity index (χ0v) is 22.7. The number of rotatable bonds is 12. The molecule has 0 amide bonds. The molecule has 0 saturated heterocycles. The van der Waals surface area contributed by atoms with Gasteiger partial charge in [-0.3, -0.25) is 0 Å². The normalized spacial score (nSPS) is 18.1. The molecule has 4 rings (SSSR count). The third kappa shape index (κ3) is 7.95. The summed E-state index contributed by atoms with van der Waals surface area (Å²) < 4.78 is 0. The van der Waals surface area contributed by atoms with Gasteiger partial charge in [-0.1, -0.05) is 118 Å². The SMILES string of the molecule is CCCCCc1ccc(C2CCC(/C=C/CCc3ccc(-c4ccc(CCC)cc4)cc3)CC2)cc1. The van der Waals surface area contributed by atoms with Gasteiger partial charge in [0.05, 0.1) is 0 Å². The maximum absolute atomic E-state index is 2.51. The predicted molar refractivity (Wildman–Crippen MR) is 158 cm³/mol.